The van der Waals surface area contributed by atoms with Gasteiger partial charge in [0.05, 0.1) is 12.7 Å². The Bertz CT molecular complexity index is 704. The van der Waals surface area contributed by atoms with Crippen molar-refractivity contribution in [1.29, 1.82) is 0 Å². The van der Waals surface area contributed by atoms with Crippen LogP contribution in [0.5, 0.6) is 11.5 Å². The maximum atomic E-state index is 14.1. The number of hydrogen-bond donors (Lipinski definition) is 1. The first-order valence-corrected chi connectivity index (χ1v) is 8.52. The maximum absolute atomic E-state index is 14.1. The molecule has 3 nitrogen and oxygen atoms in total. The van der Waals surface area contributed by atoms with Crippen LogP contribution in [0.3, 0.4) is 0 Å². The Morgan fingerprint density at radius 1 is 1.04 bits per heavy atom. The lowest BCUT2D eigenvalue weighted by atomic mass is 9.91. The molecule has 0 fully saturated rings. The summed E-state index contributed by atoms with van der Waals surface area (Å²) < 4.78 is 38.9. The molecule has 0 aliphatic heterocycles. The molecule has 0 aromatic heterocycles. The highest BCUT2D eigenvalue weighted by Gasteiger charge is 2.17. The highest BCUT2D eigenvalue weighted by Crippen LogP contribution is 2.32. The van der Waals surface area contributed by atoms with Gasteiger partial charge in [0.2, 0.25) is 0 Å². The summed E-state index contributed by atoms with van der Waals surface area (Å²) in [5, 5.41) is 0. The molecule has 2 aromatic rings. The second kappa shape index (κ2) is 8.81. The highest BCUT2D eigenvalue weighted by molar-refractivity contribution is 5.44. The molecule has 5 heteroatoms. The van der Waals surface area contributed by atoms with Gasteiger partial charge < -0.3 is 15.2 Å². The number of benzene rings is 2. The van der Waals surface area contributed by atoms with Crippen molar-refractivity contribution in [3.63, 3.8) is 0 Å². The van der Waals surface area contributed by atoms with Gasteiger partial charge in [-0.3, -0.25) is 0 Å². The molecular weight excluding hydrogens is 324 g/mol. The van der Waals surface area contributed by atoms with Crippen LogP contribution in [0.4, 0.5) is 8.78 Å². The Kier molecular flexibility index (Phi) is 6.76. The van der Waals surface area contributed by atoms with Crippen molar-refractivity contribution < 1.29 is 18.3 Å². The normalized spacial score (nSPS) is 12.3. The van der Waals surface area contributed by atoms with Gasteiger partial charge in [-0.1, -0.05) is 6.07 Å². The molecule has 136 valence electrons. The molecule has 0 saturated heterocycles. The molecule has 2 aromatic carbocycles. The second-order valence-corrected chi connectivity index (χ2v) is 6.18. The topological polar surface area (TPSA) is 44.5 Å². The van der Waals surface area contributed by atoms with Crippen molar-refractivity contribution >= 4 is 0 Å². The zero-order valence-electron chi connectivity index (χ0n) is 14.9. The number of ether oxygens (including phenoxy) is 2. The quantitative estimate of drug-likeness (QED) is 0.766. The van der Waals surface area contributed by atoms with Crippen LogP contribution in [-0.4, -0.2) is 19.3 Å². The second-order valence-electron chi connectivity index (χ2n) is 6.18. The molecule has 0 heterocycles. The monoisotopic (exact) mass is 349 g/mol. The fourth-order valence-electron chi connectivity index (χ4n) is 2.73. The third kappa shape index (κ3) is 5.16. The lowest BCUT2D eigenvalue weighted by Crippen LogP contribution is -2.17. The molecule has 0 radical (unpaired) electrons. The van der Waals surface area contributed by atoms with Crippen LogP contribution in [0, 0.1) is 11.6 Å². The summed E-state index contributed by atoms with van der Waals surface area (Å²) in [7, 11) is 0. The maximum Gasteiger partial charge on any atom is 0.161 e. The first kappa shape index (κ1) is 19.2. The minimum atomic E-state index is -0.467. The summed E-state index contributed by atoms with van der Waals surface area (Å²) >= 11 is 0. The summed E-state index contributed by atoms with van der Waals surface area (Å²) in [5.74, 6) is 0.0836. The lowest BCUT2D eigenvalue weighted by Gasteiger charge is -2.19. The first-order valence-electron chi connectivity index (χ1n) is 8.52. The van der Waals surface area contributed by atoms with Gasteiger partial charge in [0.15, 0.2) is 11.5 Å². The molecule has 1 unspecified atom stereocenters. The van der Waals surface area contributed by atoms with Crippen LogP contribution in [0.15, 0.2) is 36.4 Å². The molecule has 0 saturated carbocycles. The standard InChI is InChI=1S/C20H25F2NO2/c1-4-24-20-10-14(5-8-19(20)25-13(2)3)9-15(12-23)17-11-16(21)6-7-18(17)22/h5-8,10-11,13,15H,4,9,12,23H2,1-3H3. The predicted octanol–water partition coefficient (Wildman–Crippen LogP) is 4.44. The van der Waals surface area contributed by atoms with Crippen molar-refractivity contribution in [3.8, 4) is 11.5 Å². The highest BCUT2D eigenvalue weighted by atomic mass is 19.1. The van der Waals surface area contributed by atoms with Crippen molar-refractivity contribution in [1.82, 2.24) is 0 Å². The average Bonchev–Trinajstić information content (AvgIpc) is 2.57. The minimum absolute atomic E-state index is 0.0308. The van der Waals surface area contributed by atoms with Crippen LogP contribution in [0.1, 0.15) is 37.8 Å². The molecule has 0 aliphatic rings. The molecule has 25 heavy (non-hydrogen) atoms. The van der Waals surface area contributed by atoms with E-state index >= 15 is 0 Å². The first-order chi connectivity index (χ1) is 11.9. The number of rotatable bonds is 8. The summed E-state index contributed by atoms with van der Waals surface area (Å²) in [6.45, 7) is 6.52. The van der Waals surface area contributed by atoms with E-state index in [-0.39, 0.29) is 18.6 Å². The van der Waals surface area contributed by atoms with Gasteiger partial charge in [-0.15, -0.1) is 0 Å². The van der Waals surface area contributed by atoms with E-state index in [1.807, 2.05) is 39.0 Å². The van der Waals surface area contributed by atoms with Gasteiger partial charge in [-0.05, 0) is 75.2 Å². The van der Waals surface area contributed by atoms with E-state index in [4.69, 9.17) is 15.2 Å². The van der Waals surface area contributed by atoms with Gasteiger partial charge in [0.25, 0.3) is 0 Å². The van der Waals surface area contributed by atoms with Crippen molar-refractivity contribution in [2.45, 2.75) is 39.2 Å². The van der Waals surface area contributed by atoms with E-state index in [1.54, 1.807) is 0 Å². The average molecular weight is 349 g/mol. The summed E-state index contributed by atoms with van der Waals surface area (Å²) in [4.78, 5) is 0. The number of nitrogens with two attached hydrogens (primary N) is 1. The largest absolute Gasteiger partial charge is 0.490 e. The van der Waals surface area contributed by atoms with Crippen molar-refractivity contribution in [3.05, 3.63) is 59.2 Å². The molecule has 2 N–H and O–H groups in total. The third-order valence-electron chi connectivity index (χ3n) is 3.84. The Labute approximate surface area is 147 Å². The number of halogens is 2. The molecule has 0 amide bonds. The van der Waals surface area contributed by atoms with E-state index in [2.05, 4.69) is 0 Å². The van der Waals surface area contributed by atoms with Gasteiger partial charge in [-0.25, -0.2) is 8.78 Å². The Hall–Kier alpha value is -2.14. The SMILES string of the molecule is CCOc1cc(CC(CN)c2cc(F)ccc2F)ccc1OC(C)C. The Morgan fingerprint density at radius 3 is 2.44 bits per heavy atom. The molecule has 2 rings (SSSR count). The van der Waals surface area contributed by atoms with Crippen LogP contribution >= 0.6 is 0 Å². The molecule has 1 atom stereocenters. The molecule has 0 bridgehead atoms. The van der Waals surface area contributed by atoms with Gasteiger partial charge in [0.1, 0.15) is 11.6 Å². The Balaban J connectivity index is 2.27. The summed E-state index contributed by atoms with van der Waals surface area (Å²) in [5.41, 5.74) is 7.04. The smallest absolute Gasteiger partial charge is 0.161 e. The summed E-state index contributed by atoms with van der Waals surface area (Å²) in [6.07, 6.45) is 0.516. The van der Waals surface area contributed by atoms with Gasteiger partial charge in [-0.2, -0.15) is 0 Å². The van der Waals surface area contributed by atoms with E-state index < -0.39 is 11.6 Å². The van der Waals surface area contributed by atoms with Crippen molar-refractivity contribution in [2.24, 2.45) is 5.73 Å². The lowest BCUT2D eigenvalue weighted by molar-refractivity contribution is 0.223. The minimum Gasteiger partial charge on any atom is -0.490 e. The van der Waals surface area contributed by atoms with E-state index in [0.29, 0.717) is 30.1 Å². The Morgan fingerprint density at radius 2 is 1.80 bits per heavy atom. The summed E-state index contributed by atoms with van der Waals surface area (Å²) in [6, 6.07) is 9.08. The van der Waals surface area contributed by atoms with E-state index in [9.17, 15) is 8.78 Å². The predicted molar refractivity (Wildman–Crippen MR) is 95.2 cm³/mol. The van der Waals surface area contributed by atoms with E-state index in [1.165, 1.54) is 6.07 Å². The van der Waals surface area contributed by atoms with Gasteiger partial charge in [0, 0.05) is 5.92 Å². The zero-order chi connectivity index (χ0) is 18.4. The zero-order valence-corrected chi connectivity index (χ0v) is 14.9. The third-order valence-corrected chi connectivity index (χ3v) is 3.84. The molecular formula is C20H25F2NO2. The molecule has 0 spiro atoms. The van der Waals surface area contributed by atoms with Crippen LogP contribution in [0.2, 0.25) is 0 Å². The number of hydrogen-bond acceptors (Lipinski definition) is 3. The molecule has 0 aliphatic carbocycles. The fraction of sp³-hybridized carbons (Fsp3) is 0.400. The fourth-order valence-corrected chi connectivity index (χ4v) is 2.73. The van der Waals surface area contributed by atoms with E-state index in [0.717, 1.165) is 17.7 Å². The van der Waals surface area contributed by atoms with Crippen molar-refractivity contribution in [2.75, 3.05) is 13.2 Å². The van der Waals surface area contributed by atoms with Gasteiger partial charge >= 0.3 is 0 Å². The van der Waals surface area contributed by atoms with Crippen LogP contribution in [-0.2, 0) is 6.42 Å². The van der Waals surface area contributed by atoms with Crippen LogP contribution in [0.25, 0.3) is 0 Å². The van der Waals surface area contributed by atoms with Crippen LogP contribution < -0.4 is 15.2 Å².